The lowest BCUT2D eigenvalue weighted by Gasteiger charge is -2.07. The number of aromatic nitrogens is 4. The van der Waals surface area contributed by atoms with Gasteiger partial charge in [0, 0.05) is 19.0 Å². The second kappa shape index (κ2) is 4.55. The van der Waals surface area contributed by atoms with Gasteiger partial charge in [0.15, 0.2) is 5.65 Å². The highest BCUT2D eigenvalue weighted by molar-refractivity contribution is 5.86. The number of nitrogens with zero attached hydrogens (tertiary/aromatic N) is 4. The van der Waals surface area contributed by atoms with Gasteiger partial charge < -0.3 is 5.32 Å². The van der Waals surface area contributed by atoms with Crippen molar-refractivity contribution in [3.8, 4) is 0 Å². The Bertz CT molecular complexity index is 793. The van der Waals surface area contributed by atoms with Crippen molar-refractivity contribution >= 4 is 16.9 Å². The number of hydrogen-bond acceptors (Lipinski definition) is 4. The van der Waals surface area contributed by atoms with E-state index in [4.69, 9.17) is 0 Å². The molecule has 1 aromatic carbocycles. The maximum atomic E-state index is 4.55. The van der Waals surface area contributed by atoms with Gasteiger partial charge in [0.05, 0.1) is 11.6 Å². The molecule has 1 fully saturated rings. The van der Waals surface area contributed by atoms with E-state index in [9.17, 15) is 0 Å². The standard InChI is InChI=1S/C16H17N5/c1-10-18-15(13-9-17-21(2)16(13)19-10)20-14-8-12(14)11-6-4-3-5-7-11/h3-7,9,12,14H,8H2,1-2H3,(H,18,19,20)/t12-,14+/m0/s1. The molecule has 1 aliphatic rings. The van der Waals surface area contributed by atoms with Gasteiger partial charge in [-0.1, -0.05) is 30.3 Å². The summed E-state index contributed by atoms with van der Waals surface area (Å²) in [5.41, 5.74) is 2.27. The third-order valence-corrected chi connectivity index (χ3v) is 4.04. The van der Waals surface area contributed by atoms with Crippen LogP contribution in [0.15, 0.2) is 36.5 Å². The highest BCUT2D eigenvalue weighted by Crippen LogP contribution is 2.43. The molecule has 106 valence electrons. The van der Waals surface area contributed by atoms with Crippen molar-refractivity contribution in [1.29, 1.82) is 0 Å². The maximum absolute atomic E-state index is 4.55. The van der Waals surface area contributed by atoms with Gasteiger partial charge in [-0.3, -0.25) is 4.68 Å². The average molecular weight is 279 g/mol. The molecule has 1 N–H and O–H groups in total. The molecule has 0 amide bonds. The lowest BCUT2D eigenvalue weighted by Crippen LogP contribution is -2.08. The molecule has 1 aliphatic carbocycles. The summed E-state index contributed by atoms with van der Waals surface area (Å²) in [5, 5.41) is 8.82. The zero-order chi connectivity index (χ0) is 14.4. The first-order chi connectivity index (χ1) is 10.2. The van der Waals surface area contributed by atoms with Crippen LogP contribution in [-0.2, 0) is 7.05 Å². The van der Waals surface area contributed by atoms with E-state index in [-0.39, 0.29) is 0 Å². The summed E-state index contributed by atoms with van der Waals surface area (Å²) in [6.45, 7) is 1.92. The van der Waals surface area contributed by atoms with E-state index >= 15 is 0 Å². The van der Waals surface area contributed by atoms with Crippen LogP contribution in [0.25, 0.3) is 11.0 Å². The Kier molecular flexibility index (Phi) is 2.67. The summed E-state index contributed by atoms with van der Waals surface area (Å²) < 4.78 is 1.79. The zero-order valence-corrected chi connectivity index (χ0v) is 12.1. The smallest absolute Gasteiger partial charge is 0.163 e. The minimum absolute atomic E-state index is 0.449. The Morgan fingerprint density at radius 3 is 2.81 bits per heavy atom. The fourth-order valence-electron chi connectivity index (χ4n) is 2.84. The quantitative estimate of drug-likeness (QED) is 0.800. The molecule has 0 spiro atoms. The van der Waals surface area contributed by atoms with Crippen LogP contribution in [0.2, 0.25) is 0 Å². The van der Waals surface area contributed by atoms with Crippen LogP contribution in [0.4, 0.5) is 5.82 Å². The van der Waals surface area contributed by atoms with Crippen LogP contribution in [0.1, 0.15) is 23.7 Å². The topological polar surface area (TPSA) is 55.6 Å². The molecular formula is C16H17N5. The van der Waals surface area contributed by atoms with Crippen molar-refractivity contribution in [2.24, 2.45) is 7.05 Å². The highest BCUT2D eigenvalue weighted by Gasteiger charge is 2.38. The van der Waals surface area contributed by atoms with Gasteiger partial charge in [-0.15, -0.1) is 0 Å². The fourth-order valence-corrected chi connectivity index (χ4v) is 2.84. The van der Waals surface area contributed by atoms with Gasteiger partial charge in [-0.25, -0.2) is 9.97 Å². The zero-order valence-electron chi connectivity index (χ0n) is 12.1. The van der Waals surface area contributed by atoms with Crippen molar-refractivity contribution in [2.75, 3.05) is 5.32 Å². The predicted octanol–water partition coefficient (Wildman–Crippen LogP) is 2.64. The summed E-state index contributed by atoms with van der Waals surface area (Å²) >= 11 is 0. The van der Waals surface area contributed by atoms with E-state index in [1.54, 1.807) is 4.68 Å². The molecule has 21 heavy (non-hydrogen) atoms. The molecule has 0 bridgehead atoms. The van der Waals surface area contributed by atoms with Gasteiger partial charge in [-0.05, 0) is 18.9 Å². The Morgan fingerprint density at radius 1 is 1.19 bits per heavy atom. The number of rotatable bonds is 3. The average Bonchev–Trinajstić information content (AvgIpc) is 3.16. The number of fused-ring (bicyclic) bond motifs is 1. The molecule has 5 nitrogen and oxygen atoms in total. The minimum atomic E-state index is 0.449. The second-order valence-electron chi connectivity index (χ2n) is 5.63. The minimum Gasteiger partial charge on any atom is -0.366 e. The van der Waals surface area contributed by atoms with Crippen molar-refractivity contribution in [3.63, 3.8) is 0 Å². The molecule has 0 saturated heterocycles. The Labute approximate surface area is 123 Å². The van der Waals surface area contributed by atoms with Crippen LogP contribution < -0.4 is 5.32 Å². The Hall–Kier alpha value is -2.43. The second-order valence-corrected chi connectivity index (χ2v) is 5.63. The van der Waals surface area contributed by atoms with Crippen molar-refractivity contribution < 1.29 is 0 Å². The summed E-state index contributed by atoms with van der Waals surface area (Å²) in [5.74, 6) is 2.24. The summed E-state index contributed by atoms with van der Waals surface area (Å²) in [6, 6.07) is 11.1. The van der Waals surface area contributed by atoms with Gasteiger partial charge in [-0.2, -0.15) is 5.10 Å². The molecular weight excluding hydrogens is 262 g/mol. The summed E-state index contributed by atoms with van der Waals surface area (Å²) in [7, 11) is 1.91. The third-order valence-electron chi connectivity index (χ3n) is 4.04. The highest BCUT2D eigenvalue weighted by atomic mass is 15.3. The summed E-state index contributed by atoms with van der Waals surface area (Å²) in [6.07, 6.45) is 2.98. The summed E-state index contributed by atoms with van der Waals surface area (Å²) in [4.78, 5) is 9.00. The molecule has 1 saturated carbocycles. The lowest BCUT2D eigenvalue weighted by molar-refractivity contribution is 0.783. The van der Waals surface area contributed by atoms with Crippen LogP contribution in [0, 0.1) is 6.92 Å². The normalized spacial score (nSPS) is 20.7. The van der Waals surface area contributed by atoms with E-state index in [1.807, 2.05) is 20.2 Å². The van der Waals surface area contributed by atoms with E-state index < -0.39 is 0 Å². The predicted molar refractivity (Wildman–Crippen MR) is 82.3 cm³/mol. The number of anilines is 1. The van der Waals surface area contributed by atoms with Gasteiger partial charge in [0.2, 0.25) is 0 Å². The van der Waals surface area contributed by atoms with Crippen molar-refractivity contribution in [3.05, 3.63) is 47.9 Å². The molecule has 2 heterocycles. The Balaban J connectivity index is 1.62. The fraction of sp³-hybridized carbons (Fsp3) is 0.312. The number of benzene rings is 1. The third kappa shape index (κ3) is 2.14. The molecule has 2 aromatic heterocycles. The molecule has 2 atom stereocenters. The number of hydrogen-bond donors (Lipinski definition) is 1. The van der Waals surface area contributed by atoms with E-state index in [0.29, 0.717) is 12.0 Å². The van der Waals surface area contributed by atoms with E-state index in [2.05, 4.69) is 50.7 Å². The molecule has 0 unspecified atom stereocenters. The molecule has 5 heteroatoms. The number of aryl methyl sites for hydroxylation is 2. The first kappa shape index (κ1) is 12.3. The van der Waals surface area contributed by atoms with Crippen molar-refractivity contribution in [2.45, 2.75) is 25.3 Å². The first-order valence-corrected chi connectivity index (χ1v) is 7.20. The maximum Gasteiger partial charge on any atom is 0.163 e. The molecule has 4 rings (SSSR count). The van der Waals surface area contributed by atoms with Gasteiger partial charge >= 0.3 is 0 Å². The van der Waals surface area contributed by atoms with Crippen LogP contribution in [0.5, 0.6) is 0 Å². The van der Waals surface area contributed by atoms with Crippen LogP contribution >= 0.6 is 0 Å². The molecule has 0 radical (unpaired) electrons. The first-order valence-electron chi connectivity index (χ1n) is 7.20. The van der Waals surface area contributed by atoms with Crippen LogP contribution in [0.3, 0.4) is 0 Å². The van der Waals surface area contributed by atoms with E-state index in [1.165, 1.54) is 5.56 Å². The van der Waals surface area contributed by atoms with Gasteiger partial charge in [0.1, 0.15) is 11.6 Å². The number of nitrogens with one attached hydrogen (secondary N) is 1. The Morgan fingerprint density at radius 2 is 2.00 bits per heavy atom. The monoisotopic (exact) mass is 279 g/mol. The van der Waals surface area contributed by atoms with Crippen molar-refractivity contribution in [1.82, 2.24) is 19.7 Å². The molecule has 3 aromatic rings. The van der Waals surface area contributed by atoms with Crippen LogP contribution in [-0.4, -0.2) is 25.8 Å². The SMILES string of the molecule is Cc1nc(N[C@@H]2C[C@H]2c2ccccc2)c2cnn(C)c2n1. The van der Waals surface area contributed by atoms with E-state index in [0.717, 1.165) is 29.1 Å². The molecule has 0 aliphatic heterocycles. The lowest BCUT2D eigenvalue weighted by atomic mass is 10.1. The largest absolute Gasteiger partial charge is 0.366 e. The van der Waals surface area contributed by atoms with Gasteiger partial charge in [0.25, 0.3) is 0 Å².